The van der Waals surface area contributed by atoms with Gasteiger partial charge in [0.15, 0.2) is 0 Å². The smallest absolute Gasteiger partial charge is 0.408 e. The molecular weight excluding hydrogens is 266 g/mol. The highest BCUT2D eigenvalue weighted by atomic mass is 16.7. The fourth-order valence-electron chi connectivity index (χ4n) is 1.26. The molecule has 0 radical (unpaired) electrons. The molecule has 0 aliphatic rings. The zero-order valence-corrected chi connectivity index (χ0v) is 12.6. The van der Waals surface area contributed by atoms with E-state index in [1.54, 1.807) is 20.8 Å². The predicted octanol–water partition coefficient (Wildman–Crippen LogP) is 1.60. The minimum atomic E-state index is -1.08. The van der Waals surface area contributed by atoms with Gasteiger partial charge in [0.1, 0.15) is 11.6 Å². The number of azide groups is 1. The lowest BCUT2D eigenvalue weighted by Gasteiger charge is -2.27. The lowest BCUT2D eigenvalue weighted by atomic mass is 10.1. The van der Waals surface area contributed by atoms with Crippen LogP contribution in [0.15, 0.2) is 5.11 Å². The molecule has 0 rings (SSSR count). The van der Waals surface area contributed by atoms with Crippen LogP contribution in [-0.4, -0.2) is 48.9 Å². The van der Waals surface area contributed by atoms with E-state index in [1.807, 2.05) is 0 Å². The van der Waals surface area contributed by atoms with Crippen LogP contribution in [0.1, 0.15) is 27.7 Å². The maximum Gasteiger partial charge on any atom is 0.408 e. The van der Waals surface area contributed by atoms with Crippen LogP contribution in [0.2, 0.25) is 0 Å². The topological polar surface area (TPSA) is 117 Å². The molecule has 0 aromatic carbocycles. The van der Waals surface area contributed by atoms with Gasteiger partial charge < -0.3 is 10.1 Å². The van der Waals surface area contributed by atoms with Gasteiger partial charge in [0.25, 0.3) is 5.91 Å². The van der Waals surface area contributed by atoms with Crippen molar-refractivity contribution in [3.8, 4) is 0 Å². The molecule has 0 heterocycles. The number of rotatable bonds is 5. The zero-order chi connectivity index (χ0) is 15.9. The number of hydroxylamine groups is 2. The average Bonchev–Trinajstić information content (AvgIpc) is 2.32. The summed E-state index contributed by atoms with van der Waals surface area (Å²) in [5.74, 6) is -0.557. The number of nitrogens with one attached hydrogen (secondary N) is 1. The van der Waals surface area contributed by atoms with E-state index in [1.165, 1.54) is 21.1 Å². The quantitative estimate of drug-likeness (QED) is 0.357. The summed E-state index contributed by atoms with van der Waals surface area (Å²) < 4.78 is 5.06. The van der Waals surface area contributed by atoms with Gasteiger partial charge in [0, 0.05) is 12.0 Å². The molecule has 0 aliphatic carbocycles. The number of ether oxygens (including phenoxy) is 1. The lowest BCUT2D eigenvalue weighted by Crippen LogP contribution is -2.53. The van der Waals surface area contributed by atoms with Crippen LogP contribution in [0.25, 0.3) is 10.4 Å². The highest BCUT2D eigenvalue weighted by Crippen LogP contribution is 2.09. The standard InChI is InChI=1S/C11H21N5O4/c1-7(14-15-12)8(9(17)16(5)19-6)13-10(18)20-11(2,3)4/h7-8H,1-6H3,(H,13,18)/t7-,8+/m1/s1. The molecule has 0 aromatic rings. The van der Waals surface area contributed by atoms with Crippen LogP contribution in [0.4, 0.5) is 4.79 Å². The molecule has 0 aliphatic heterocycles. The third-order valence-electron chi connectivity index (χ3n) is 2.24. The van der Waals surface area contributed by atoms with Crippen molar-refractivity contribution in [3.05, 3.63) is 10.4 Å². The van der Waals surface area contributed by atoms with Gasteiger partial charge in [-0.05, 0) is 26.3 Å². The Morgan fingerprint density at radius 3 is 2.35 bits per heavy atom. The van der Waals surface area contributed by atoms with Crippen LogP contribution >= 0.6 is 0 Å². The van der Waals surface area contributed by atoms with Gasteiger partial charge in [0.2, 0.25) is 0 Å². The van der Waals surface area contributed by atoms with E-state index in [9.17, 15) is 9.59 Å². The summed E-state index contributed by atoms with van der Waals surface area (Å²) in [4.78, 5) is 31.1. The normalized spacial score (nSPS) is 13.7. The Morgan fingerprint density at radius 1 is 1.40 bits per heavy atom. The molecule has 1 N–H and O–H groups in total. The summed E-state index contributed by atoms with van der Waals surface area (Å²) in [5, 5.41) is 6.73. The first kappa shape index (κ1) is 18.0. The molecule has 0 fully saturated rings. The lowest BCUT2D eigenvalue weighted by molar-refractivity contribution is -0.171. The average molecular weight is 287 g/mol. The minimum absolute atomic E-state index is 0.557. The van der Waals surface area contributed by atoms with Crippen LogP contribution in [0.5, 0.6) is 0 Å². The largest absolute Gasteiger partial charge is 0.444 e. The molecule has 0 saturated heterocycles. The van der Waals surface area contributed by atoms with Crippen molar-refractivity contribution in [1.29, 1.82) is 0 Å². The first-order valence-electron chi connectivity index (χ1n) is 5.97. The maximum absolute atomic E-state index is 12.0. The summed E-state index contributed by atoms with van der Waals surface area (Å²) in [6.45, 7) is 6.59. The molecule has 0 unspecified atom stereocenters. The number of nitrogens with zero attached hydrogens (tertiary/aromatic N) is 4. The van der Waals surface area contributed by atoms with E-state index in [4.69, 9.17) is 15.1 Å². The van der Waals surface area contributed by atoms with Crippen molar-refractivity contribution in [2.24, 2.45) is 5.11 Å². The number of carbonyl (C=O) groups is 2. The zero-order valence-electron chi connectivity index (χ0n) is 12.6. The van der Waals surface area contributed by atoms with Gasteiger partial charge in [-0.2, -0.15) is 0 Å². The van der Waals surface area contributed by atoms with Crippen molar-refractivity contribution in [1.82, 2.24) is 10.4 Å². The molecule has 0 spiro atoms. The Kier molecular flexibility index (Phi) is 6.81. The van der Waals surface area contributed by atoms with Gasteiger partial charge in [-0.25, -0.2) is 9.86 Å². The van der Waals surface area contributed by atoms with E-state index >= 15 is 0 Å². The summed E-state index contributed by atoms with van der Waals surface area (Å²) in [7, 11) is 2.69. The third-order valence-corrected chi connectivity index (χ3v) is 2.24. The summed E-state index contributed by atoms with van der Waals surface area (Å²) in [6, 6.07) is -1.87. The second-order valence-corrected chi connectivity index (χ2v) is 5.09. The molecule has 9 nitrogen and oxygen atoms in total. The third kappa shape index (κ3) is 6.26. The van der Waals surface area contributed by atoms with Crippen molar-refractivity contribution in [3.63, 3.8) is 0 Å². The van der Waals surface area contributed by atoms with E-state index in [0.29, 0.717) is 0 Å². The van der Waals surface area contributed by atoms with E-state index in [-0.39, 0.29) is 0 Å². The number of hydrogen-bond donors (Lipinski definition) is 1. The number of alkyl carbamates (subject to hydrolysis) is 1. The van der Waals surface area contributed by atoms with Crippen molar-refractivity contribution < 1.29 is 19.2 Å². The van der Waals surface area contributed by atoms with E-state index in [2.05, 4.69) is 15.3 Å². The van der Waals surface area contributed by atoms with E-state index < -0.39 is 29.7 Å². The van der Waals surface area contributed by atoms with Crippen LogP contribution in [-0.2, 0) is 14.4 Å². The fraction of sp³-hybridized carbons (Fsp3) is 0.818. The Hall–Kier alpha value is -1.99. The highest BCUT2D eigenvalue weighted by molar-refractivity contribution is 5.85. The molecule has 0 aromatic heterocycles. The molecule has 2 atom stereocenters. The SMILES string of the molecule is CON(C)C(=O)[C@@H](NC(=O)OC(C)(C)C)[C@@H](C)N=[N+]=[N-]. The molecular formula is C11H21N5O4. The monoisotopic (exact) mass is 287 g/mol. The maximum atomic E-state index is 12.0. The van der Waals surface area contributed by atoms with Gasteiger partial charge in [-0.15, -0.1) is 0 Å². The summed E-state index contributed by atoms with van der Waals surface area (Å²) >= 11 is 0. The van der Waals surface area contributed by atoms with Gasteiger partial charge in [0.05, 0.1) is 13.2 Å². The first-order valence-corrected chi connectivity index (χ1v) is 5.97. The van der Waals surface area contributed by atoms with Crippen LogP contribution in [0, 0.1) is 0 Å². The van der Waals surface area contributed by atoms with Crippen LogP contribution < -0.4 is 5.32 Å². The highest BCUT2D eigenvalue weighted by Gasteiger charge is 2.30. The second kappa shape index (κ2) is 7.56. The molecule has 2 amide bonds. The van der Waals surface area contributed by atoms with E-state index in [0.717, 1.165) is 5.06 Å². The number of likely N-dealkylation sites (N-methyl/N-ethyl adjacent to an activating group) is 1. The number of carbonyl (C=O) groups excluding carboxylic acids is 2. The van der Waals surface area contributed by atoms with Crippen molar-refractivity contribution in [2.45, 2.75) is 45.4 Å². The first-order chi connectivity index (χ1) is 9.12. The van der Waals surface area contributed by atoms with Gasteiger partial charge >= 0.3 is 6.09 Å². The molecule has 20 heavy (non-hydrogen) atoms. The molecule has 0 saturated carbocycles. The summed E-state index contributed by atoms with van der Waals surface area (Å²) in [6.07, 6.45) is -0.777. The Labute approximate surface area is 117 Å². The number of hydrogen-bond acceptors (Lipinski definition) is 5. The second-order valence-electron chi connectivity index (χ2n) is 5.09. The summed E-state index contributed by atoms with van der Waals surface area (Å²) in [5.41, 5.74) is 7.74. The Balaban J connectivity index is 5.00. The van der Waals surface area contributed by atoms with Crippen molar-refractivity contribution >= 4 is 12.0 Å². The fourth-order valence-corrected chi connectivity index (χ4v) is 1.26. The minimum Gasteiger partial charge on any atom is -0.444 e. The Bertz CT molecular complexity index is 400. The molecule has 0 bridgehead atoms. The van der Waals surface area contributed by atoms with Crippen LogP contribution in [0.3, 0.4) is 0 Å². The number of amides is 2. The van der Waals surface area contributed by atoms with Crippen molar-refractivity contribution in [2.75, 3.05) is 14.2 Å². The van der Waals surface area contributed by atoms with Gasteiger partial charge in [-0.3, -0.25) is 9.63 Å². The van der Waals surface area contributed by atoms with Gasteiger partial charge in [-0.1, -0.05) is 12.0 Å². The molecule has 9 heteroatoms. The predicted molar refractivity (Wildman–Crippen MR) is 71.5 cm³/mol. The Morgan fingerprint density at radius 2 is 1.95 bits per heavy atom. The molecule has 114 valence electrons.